The third-order valence-electron chi connectivity index (χ3n) is 5.86. The Labute approximate surface area is 220 Å². The van der Waals surface area contributed by atoms with Crippen LogP contribution in [0, 0.1) is 0 Å². The summed E-state index contributed by atoms with van der Waals surface area (Å²) in [5, 5.41) is 13.8. The molecule has 2 aromatic carbocycles. The predicted octanol–water partition coefficient (Wildman–Crippen LogP) is 3.55. The number of hydrogen-bond donors (Lipinski definition) is 2. The number of carbonyl (C=O) groups excluding carboxylic acids is 1. The second kappa shape index (κ2) is 9.78. The van der Waals surface area contributed by atoms with Gasteiger partial charge in [-0.2, -0.15) is 5.10 Å². The molecule has 210 valence electrons. The minimum absolute atomic E-state index is 0.0327. The number of alkyl halides is 5. The first-order chi connectivity index (χ1) is 18.9. The van der Waals surface area contributed by atoms with Gasteiger partial charge in [0.1, 0.15) is 29.0 Å². The van der Waals surface area contributed by atoms with E-state index >= 15 is 0 Å². The summed E-state index contributed by atoms with van der Waals surface area (Å²) >= 11 is 0. The van der Waals surface area contributed by atoms with Crippen molar-refractivity contribution in [2.24, 2.45) is 0 Å². The van der Waals surface area contributed by atoms with Gasteiger partial charge in [-0.25, -0.2) is 9.67 Å². The normalized spacial score (nSPS) is 14.0. The number of aliphatic hydroxyl groups excluding tert-OH is 1. The summed E-state index contributed by atoms with van der Waals surface area (Å²) in [6.45, 7) is 0.316. The second-order valence-electron chi connectivity index (χ2n) is 8.40. The first-order valence-electron chi connectivity index (χ1n) is 11.5. The Kier molecular flexibility index (Phi) is 6.57. The smallest absolute Gasteiger partial charge is 0.405 e. The Morgan fingerprint density at radius 1 is 1.18 bits per heavy atom. The summed E-state index contributed by atoms with van der Waals surface area (Å²) in [7, 11) is 0. The number of benzene rings is 2. The van der Waals surface area contributed by atoms with Gasteiger partial charge in [0, 0.05) is 29.4 Å². The van der Waals surface area contributed by atoms with Crippen LogP contribution in [0.5, 0.6) is 17.2 Å². The number of halogens is 5. The maximum Gasteiger partial charge on any atom is 0.586 e. The van der Waals surface area contributed by atoms with Crippen LogP contribution in [0.15, 0.2) is 47.5 Å². The highest BCUT2D eigenvalue weighted by Gasteiger charge is 2.43. The predicted molar refractivity (Wildman–Crippen MR) is 127 cm³/mol. The van der Waals surface area contributed by atoms with Gasteiger partial charge >= 0.3 is 12.7 Å². The second-order valence-corrected chi connectivity index (χ2v) is 8.40. The molecular formula is C24H18F5N5O6. The van der Waals surface area contributed by atoms with Crippen LogP contribution in [0.2, 0.25) is 0 Å². The average Bonchev–Trinajstić information content (AvgIpc) is 3.49. The molecule has 0 spiro atoms. The highest BCUT2D eigenvalue weighted by atomic mass is 19.4. The number of hydrogen-bond acceptors (Lipinski definition) is 8. The van der Waals surface area contributed by atoms with Gasteiger partial charge in [0.2, 0.25) is 5.91 Å². The van der Waals surface area contributed by atoms with Gasteiger partial charge < -0.3 is 29.2 Å². The van der Waals surface area contributed by atoms with Crippen LogP contribution in [-0.4, -0.2) is 50.0 Å². The molecule has 0 aliphatic carbocycles. The van der Waals surface area contributed by atoms with Gasteiger partial charge in [0.15, 0.2) is 11.5 Å². The molecule has 5 rings (SSSR count). The summed E-state index contributed by atoms with van der Waals surface area (Å²) < 4.78 is 78.6. The van der Waals surface area contributed by atoms with Gasteiger partial charge in [-0.3, -0.25) is 9.59 Å². The van der Waals surface area contributed by atoms with Crippen LogP contribution in [-0.2, 0) is 17.9 Å². The zero-order valence-corrected chi connectivity index (χ0v) is 20.3. The molecule has 11 nitrogen and oxygen atoms in total. The Morgan fingerprint density at radius 2 is 1.93 bits per heavy atom. The Hall–Kier alpha value is -4.73. The van der Waals surface area contributed by atoms with Crippen molar-refractivity contribution in [2.75, 3.05) is 11.4 Å². The fraction of sp³-hybridized carbons (Fsp3) is 0.250. The number of nitrogens with one attached hydrogen (secondary N) is 1. The molecule has 0 fully saturated rings. The molecule has 40 heavy (non-hydrogen) atoms. The third-order valence-corrected chi connectivity index (χ3v) is 5.86. The van der Waals surface area contributed by atoms with Crippen molar-refractivity contribution in [2.45, 2.75) is 32.7 Å². The van der Waals surface area contributed by atoms with Gasteiger partial charge in [-0.05, 0) is 37.3 Å². The lowest BCUT2D eigenvalue weighted by molar-refractivity contribution is -0.286. The molecule has 0 atom stereocenters. The number of H-pyrrole nitrogens is 1. The van der Waals surface area contributed by atoms with Crippen molar-refractivity contribution in [3.05, 3.63) is 58.6 Å². The molecule has 16 heteroatoms. The van der Waals surface area contributed by atoms with Crippen molar-refractivity contribution in [1.29, 1.82) is 0 Å². The summed E-state index contributed by atoms with van der Waals surface area (Å²) in [5.74, 6) is -1.75. The van der Waals surface area contributed by atoms with Gasteiger partial charge in [-0.1, -0.05) is 0 Å². The van der Waals surface area contributed by atoms with Crippen molar-refractivity contribution >= 4 is 22.6 Å². The molecular weight excluding hydrogens is 549 g/mol. The number of rotatable bonds is 7. The van der Waals surface area contributed by atoms with Crippen molar-refractivity contribution in [1.82, 2.24) is 19.7 Å². The summed E-state index contributed by atoms with van der Waals surface area (Å²) in [6, 6.07) is 7.18. The standard InChI is InChI=1S/C24H18F5N5O6/c1-2-33(14-4-6-16-17(8-14)40-24(28,29)39-16)18(36)9-34-22(37)21-20(30-11-31-21)19(32-34)12-3-5-15(13(7-12)10-35)38-23(25,26)27/h3-8,11,35H,2,9-10H2,1H3,(H,30,31). The first-order valence-corrected chi connectivity index (χ1v) is 11.5. The lowest BCUT2D eigenvalue weighted by atomic mass is 10.1. The molecule has 1 amide bonds. The lowest BCUT2D eigenvalue weighted by Crippen LogP contribution is -2.37. The van der Waals surface area contributed by atoms with E-state index in [1.807, 2.05) is 0 Å². The first kappa shape index (κ1) is 26.9. The molecule has 1 aliphatic rings. The molecule has 0 saturated heterocycles. The summed E-state index contributed by atoms with van der Waals surface area (Å²) in [4.78, 5) is 34.3. The van der Waals surface area contributed by atoms with E-state index in [1.165, 1.54) is 41.6 Å². The number of aromatic amines is 1. The van der Waals surface area contributed by atoms with Crippen LogP contribution < -0.4 is 24.7 Å². The maximum absolute atomic E-state index is 13.4. The molecule has 3 heterocycles. The van der Waals surface area contributed by atoms with Crippen LogP contribution in [0.1, 0.15) is 12.5 Å². The van der Waals surface area contributed by atoms with Crippen LogP contribution in [0.4, 0.5) is 27.6 Å². The van der Waals surface area contributed by atoms with Crippen LogP contribution >= 0.6 is 0 Å². The number of aromatic nitrogens is 4. The Balaban J connectivity index is 1.50. The summed E-state index contributed by atoms with van der Waals surface area (Å²) in [6.07, 6.45) is -7.63. The molecule has 0 unspecified atom stereocenters. The fourth-order valence-electron chi connectivity index (χ4n) is 4.18. The average molecular weight is 567 g/mol. The third kappa shape index (κ3) is 5.12. The molecule has 2 aromatic heterocycles. The fourth-order valence-corrected chi connectivity index (χ4v) is 4.18. The largest absolute Gasteiger partial charge is 0.586 e. The van der Waals surface area contributed by atoms with Gasteiger partial charge in [-0.15, -0.1) is 22.0 Å². The molecule has 0 saturated carbocycles. The number of aliphatic hydroxyl groups is 1. The molecule has 1 aliphatic heterocycles. The molecule has 2 N–H and O–H groups in total. The Morgan fingerprint density at radius 3 is 2.62 bits per heavy atom. The van der Waals surface area contributed by atoms with E-state index in [0.29, 0.717) is 0 Å². The number of nitrogens with zero attached hydrogens (tertiary/aromatic N) is 4. The zero-order chi connectivity index (χ0) is 28.8. The van der Waals surface area contributed by atoms with E-state index in [0.717, 1.165) is 10.7 Å². The van der Waals surface area contributed by atoms with E-state index in [2.05, 4.69) is 29.3 Å². The number of anilines is 1. The minimum atomic E-state index is -4.99. The van der Waals surface area contributed by atoms with E-state index in [9.17, 15) is 36.6 Å². The molecule has 4 aromatic rings. The number of likely N-dealkylation sites (N-methyl/N-ethyl adjacent to an activating group) is 1. The number of amides is 1. The van der Waals surface area contributed by atoms with E-state index in [1.54, 1.807) is 6.92 Å². The van der Waals surface area contributed by atoms with E-state index < -0.39 is 43.0 Å². The van der Waals surface area contributed by atoms with Crippen molar-refractivity contribution in [3.8, 4) is 28.5 Å². The number of carbonyl (C=O) groups is 1. The van der Waals surface area contributed by atoms with Crippen LogP contribution in [0.3, 0.4) is 0 Å². The SMILES string of the molecule is CCN(C(=O)Cn1nc(-c2ccc(OC(F)(F)F)c(CO)c2)c2nc[nH]c2c1=O)c1ccc2c(c1)OC(F)(F)O2. The van der Waals surface area contributed by atoms with Crippen LogP contribution in [0.25, 0.3) is 22.3 Å². The molecule has 0 bridgehead atoms. The number of ether oxygens (including phenoxy) is 3. The van der Waals surface area contributed by atoms with Gasteiger partial charge in [0.25, 0.3) is 5.56 Å². The number of fused-ring (bicyclic) bond motifs is 2. The summed E-state index contributed by atoms with van der Waals surface area (Å²) in [5.41, 5.74) is -0.481. The number of imidazole rings is 1. The van der Waals surface area contributed by atoms with E-state index in [4.69, 9.17) is 0 Å². The quantitative estimate of drug-likeness (QED) is 0.324. The van der Waals surface area contributed by atoms with Crippen molar-refractivity contribution < 1.29 is 46.1 Å². The maximum atomic E-state index is 13.4. The Bertz CT molecular complexity index is 1670. The highest BCUT2D eigenvalue weighted by Crippen LogP contribution is 2.43. The minimum Gasteiger partial charge on any atom is -0.405 e. The monoisotopic (exact) mass is 567 g/mol. The lowest BCUT2D eigenvalue weighted by Gasteiger charge is -2.21. The van der Waals surface area contributed by atoms with Crippen molar-refractivity contribution in [3.63, 3.8) is 0 Å². The topological polar surface area (TPSA) is 132 Å². The van der Waals surface area contributed by atoms with Gasteiger partial charge in [0.05, 0.1) is 12.9 Å². The zero-order valence-electron chi connectivity index (χ0n) is 20.3. The highest BCUT2D eigenvalue weighted by molar-refractivity contribution is 5.94. The molecule has 0 radical (unpaired) electrons. The van der Waals surface area contributed by atoms with E-state index in [-0.39, 0.29) is 51.6 Å².